The first kappa shape index (κ1) is 18.7. The first-order valence-corrected chi connectivity index (χ1v) is 9.37. The first-order chi connectivity index (χ1) is 12.6. The summed E-state index contributed by atoms with van der Waals surface area (Å²) in [6, 6.07) is 7.71. The summed E-state index contributed by atoms with van der Waals surface area (Å²) < 4.78 is 10.1. The van der Waals surface area contributed by atoms with Gasteiger partial charge in [0.05, 0.1) is 26.2 Å². The fraction of sp³-hybridized carbons (Fsp3) is 0.600. The summed E-state index contributed by atoms with van der Waals surface area (Å²) >= 11 is 0. The fourth-order valence-corrected chi connectivity index (χ4v) is 4.21. The zero-order valence-corrected chi connectivity index (χ0v) is 15.6. The highest BCUT2D eigenvalue weighted by molar-refractivity contribution is 5.97. The summed E-state index contributed by atoms with van der Waals surface area (Å²) in [5.41, 5.74) is 0.618. The lowest BCUT2D eigenvalue weighted by molar-refractivity contribution is -0.141. The first-order valence-electron chi connectivity index (χ1n) is 9.37. The molecular weight excluding hydrogens is 332 g/mol. The van der Waals surface area contributed by atoms with Crippen molar-refractivity contribution in [1.82, 2.24) is 9.80 Å². The van der Waals surface area contributed by atoms with Crippen LogP contribution in [0.4, 0.5) is 0 Å². The van der Waals surface area contributed by atoms with E-state index in [1.165, 1.54) is 13.5 Å². The van der Waals surface area contributed by atoms with E-state index < -0.39 is 0 Å². The van der Waals surface area contributed by atoms with Crippen LogP contribution in [-0.4, -0.2) is 68.1 Å². The minimum Gasteiger partial charge on any atom is -0.496 e. The average molecular weight is 360 g/mol. The van der Waals surface area contributed by atoms with Gasteiger partial charge in [0.1, 0.15) is 5.75 Å². The highest BCUT2D eigenvalue weighted by atomic mass is 16.5. The summed E-state index contributed by atoms with van der Waals surface area (Å²) in [6.07, 6.45) is 3.86. The van der Waals surface area contributed by atoms with Crippen LogP contribution in [0, 0.1) is 5.92 Å². The molecule has 26 heavy (non-hydrogen) atoms. The van der Waals surface area contributed by atoms with Gasteiger partial charge in [0.15, 0.2) is 0 Å². The number of para-hydroxylation sites is 1. The molecule has 2 heterocycles. The Hall–Kier alpha value is -2.08. The third-order valence-corrected chi connectivity index (χ3v) is 5.60. The summed E-state index contributed by atoms with van der Waals surface area (Å²) in [7, 11) is 3.02. The van der Waals surface area contributed by atoms with Crippen LogP contribution in [0.25, 0.3) is 0 Å². The molecule has 3 rings (SSSR count). The molecule has 1 aromatic carbocycles. The second-order valence-corrected chi connectivity index (χ2v) is 7.10. The van der Waals surface area contributed by atoms with Crippen LogP contribution < -0.4 is 4.74 Å². The van der Waals surface area contributed by atoms with Crippen molar-refractivity contribution in [3.63, 3.8) is 0 Å². The van der Waals surface area contributed by atoms with Crippen LogP contribution in [0.3, 0.4) is 0 Å². The van der Waals surface area contributed by atoms with Gasteiger partial charge < -0.3 is 14.4 Å². The zero-order valence-electron chi connectivity index (χ0n) is 15.6. The molecule has 0 saturated carbocycles. The van der Waals surface area contributed by atoms with Gasteiger partial charge >= 0.3 is 5.97 Å². The highest BCUT2D eigenvalue weighted by Crippen LogP contribution is 2.32. The van der Waals surface area contributed by atoms with Crippen LogP contribution in [-0.2, 0) is 9.53 Å². The third-order valence-electron chi connectivity index (χ3n) is 5.60. The van der Waals surface area contributed by atoms with Gasteiger partial charge in [0, 0.05) is 25.7 Å². The summed E-state index contributed by atoms with van der Waals surface area (Å²) in [6.45, 7) is 3.17. The lowest BCUT2D eigenvalue weighted by Gasteiger charge is -2.29. The Kier molecular flexibility index (Phi) is 6.14. The van der Waals surface area contributed by atoms with Gasteiger partial charge in [0.2, 0.25) is 0 Å². The molecule has 0 N–H and O–H groups in total. The maximum Gasteiger partial charge on any atom is 0.306 e. The smallest absolute Gasteiger partial charge is 0.306 e. The molecule has 2 fully saturated rings. The summed E-state index contributed by atoms with van der Waals surface area (Å²) in [5.74, 6) is 0.940. The number of hydrogen-bond donors (Lipinski definition) is 0. The standard InChI is InChI=1S/C20H28N2O4/c1-25-18-9-4-3-8-16(18)20(24)22-13-15-7-5-6-11-21(17(15)14-22)12-10-19(23)26-2/h3-4,8-9,15,17H,5-7,10-14H2,1-2H3/t15-,17+/m0/s1. The summed E-state index contributed by atoms with van der Waals surface area (Å²) in [5, 5.41) is 0. The van der Waals surface area contributed by atoms with Gasteiger partial charge in [-0.15, -0.1) is 0 Å². The molecule has 6 nitrogen and oxygen atoms in total. The van der Waals surface area contributed by atoms with Crippen molar-refractivity contribution in [2.45, 2.75) is 31.7 Å². The minimum absolute atomic E-state index is 0.0310. The van der Waals surface area contributed by atoms with Crippen LogP contribution >= 0.6 is 0 Å². The van der Waals surface area contributed by atoms with Crippen molar-refractivity contribution < 1.29 is 19.1 Å². The van der Waals surface area contributed by atoms with E-state index in [9.17, 15) is 9.59 Å². The molecule has 2 aliphatic heterocycles. The molecule has 2 atom stereocenters. The molecule has 0 unspecified atom stereocenters. The number of fused-ring (bicyclic) bond motifs is 1. The molecule has 142 valence electrons. The van der Waals surface area contributed by atoms with Crippen molar-refractivity contribution in [1.29, 1.82) is 0 Å². The predicted molar refractivity (Wildman–Crippen MR) is 98.2 cm³/mol. The highest BCUT2D eigenvalue weighted by Gasteiger charge is 2.40. The van der Waals surface area contributed by atoms with Crippen molar-refractivity contribution in [3.8, 4) is 5.75 Å². The zero-order chi connectivity index (χ0) is 18.5. The molecule has 0 radical (unpaired) electrons. The number of benzene rings is 1. The molecule has 1 aromatic rings. The summed E-state index contributed by atoms with van der Waals surface area (Å²) in [4.78, 5) is 28.9. The van der Waals surface area contributed by atoms with Gasteiger partial charge in [-0.25, -0.2) is 0 Å². The van der Waals surface area contributed by atoms with E-state index in [2.05, 4.69) is 4.90 Å². The van der Waals surface area contributed by atoms with Gasteiger partial charge in [-0.3, -0.25) is 14.5 Å². The van der Waals surface area contributed by atoms with E-state index in [0.29, 0.717) is 42.8 Å². The molecule has 0 bridgehead atoms. The topological polar surface area (TPSA) is 59.1 Å². The van der Waals surface area contributed by atoms with Crippen molar-refractivity contribution in [3.05, 3.63) is 29.8 Å². The monoisotopic (exact) mass is 360 g/mol. The lowest BCUT2D eigenvalue weighted by atomic mass is 9.98. The Morgan fingerprint density at radius 1 is 1.15 bits per heavy atom. The van der Waals surface area contributed by atoms with Gasteiger partial charge in [-0.1, -0.05) is 18.6 Å². The Morgan fingerprint density at radius 3 is 2.73 bits per heavy atom. The van der Waals surface area contributed by atoms with Gasteiger partial charge in [0.25, 0.3) is 5.91 Å². The van der Waals surface area contributed by atoms with Crippen molar-refractivity contribution in [2.75, 3.05) is 40.4 Å². The number of amides is 1. The number of nitrogens with zero attached hydrogens (tertiary/aromatic N) is 2. The number of carbonyl (C=O) groups excluding carboxylic acids is 2. The van der Waals surface area contributed by atoms with E-state index >= 15 is 0 Å². The largest absolute Gasteiger partial charge is 0.496 e. The average Bonchev–Trinajstić information content (AvgIpc) is 3.01. The van der Waals surface area contributed by atoms with Crippen LogP contribution in [0.2, 0.25) is 0 Å². The molecule has 2 aliphatic rings. The number of hydrogen-bond acceptors (Lipinski definition) is 5. The van der Waals surface area contributed by atoms with Crippen LogP contribution in [0.1, 0.15) is 36.0 Å². The van der Waals surface area contributed by atoms with Gasteiger partial charge in [-0.2, -0.15) is 0 Å². The van der Waals surface area contributed by atoms with E-state index in [-0.39, 0.29) is 11.9 Å². The fourth-order valence-electron chi connectivity index (χ4n) is 4.21. The van der Waals surface area contributed by atoms with E-state index in [1.54, 1.807) is 7.11 Å². The van der Waals surface area contributed by atoms with Crippen molar-refractivity contribution in [2.24, 2.45) is 5.92 Å². The molecule has 0 spiro atoms. The Balaban J connectivity index is 1.71. The molecule has 0 aliphatic carbocycles. The predicted octanol–water partition coefficient (Wildman–Crippen LogP) is 2.18. The second-order valence-electron chi connectivity index (χ2n) is 7.10. The van der Waals surface area contributed by atoms with Crippen LogP contribution in [0.5, 0.6) is 5.75 Å². The molecule has 1 amide bonds. The number of ether oxygens (including phenoxy) is 2. The number of esters is 1. The van der Waals surface area contributed by atoms with Gasteiger partial charge in [-0.05, 0) is 37.4 Å². The van der Waals surface area contributed by atoms with E-state index in [1.807, 2.05) is 29.2 Å². The lowest BCUT2D eigenvalue weighted by Crippen LogP contribution is -2.42. The maximum absolute atomic E-state index is 13.0. The molecule has 0 aromatic heterocycles. The molecule has 2 saturated heterocycles. The molecule has 6 heteroatoms. The Morgan fingerprint density at radius 2 is 1.96 bits per heavy atom. The Labute approximate surface area is 155 Å². The normalized spacial score (nSPS) is 23.2. The number of likely N-dealkylation sites (tertiary alicyclic amines) is 2. The van der Waals surface area contributed by atoms with E-state index in [0.717, 1.165) is 25.9 Å². The number of methoxy groups -OCH3 is 2. The van der Waals surface area contributed by atoms with Crippen LogP contribution in [0.15, 0.2) is 24.3 Å². The van der Waals surface area contributed by atoms with E-state index in [4.69, 9.17) is 9.47 Å². The molecular formula is C20H28N2O4. The second kappa shape index (κ2) is 8.54. The third kappa shape index (κ3) is 4.01. The SMILES string of the molecule is COC(=O)CCN1CCCC[C@H]2CN(C(=O)c3ccccc3OC)C[C@H]21. The quantitative estimate of drug-likeness (QED) is 0.754. The minimum atomic E-state index is -0.175. The Bertz CT molecular complexity index is 648. The number of rotatable bonds is 5. The maximum atomic E-state index is 13.0. The number of carbonyl (C=O) groups is 2. The van der Waals surface area contributed by atoms with Crippen molar-refractivity contribution >= 4 is 11.9 Å².